The van der Waals surface area contributed by atoms with E-state index in [9.17, 15) is 33.9 Å². The summed E-state index contributed by atoms with van der Waals surface area (Å²) >= 11 is 0. The molecule has 0 radical (unpaired) electrons. The predicted molar refractivity (Wildman–Crippen MR) is 130 cm³/mol. The van der Waals surface area contributed by atoms with Crippen LogP contribution in [0, 0.1) is 0 Å². The summed E-state index contributed by atoms with van der Waals surface area (Å²) in [5.41, 5.74) is 12.4. The lowest BCUT2D eigenvalue weighted by molar-refractivity contribution is -0.147. The summed E-state index contributed by atoms with van der Waals surface area (Å²) in [5, 5.41) is 24.9. The highest BCUT2D eigenvalue weighted by atomic mass is 16.4. The molecule has 10 N–H and O–H groups in total. The second-order valence-electron chi connectivity index (χ2n) is 8.37. The molecule has 38 heavy (non-hydrogen) atoms. The summed E-state index contributed by atoms with van der Waals surface area (Å²) in [7, 11) is 0. The molecule has 15 nitrogen and oxygen atoms in total. The monoisotopic (exact) mass is 531 g/mol. The molecule has 0 spiro atoms. The average Bonchev–Trinajstić information content (AvgIpc) is 3.35. The molecule has 204 valence electrons. The number of amides is 4. The molecular weight excluding hydrogens is 502 g/mol. The molecule has 0 bridgehead atoms. The molecule has 1 aromatic heterocycles. The van der Waals surface area contributed by atoms with Gasteiger partial charge in [-0.3, -0.25) is 24.0 Å². The molecule has 4 atom stereocenters. The van der Waals surface area contributed by atoms with Crippen LogP contribution in [-0.4, -0.2) is 79.9 Å². The van der Waals surface area contributed by atoms with Gasteiger partial charge in [0, 0.05) is 24.7 Å². The number of imidazole rings is 1. The first-order chi connectivity index (χ1) is 18.0. The number of nitrogens with two attached hydrogens (primary N) is 2. The molecule has 15 heteroatoms. The van der Waals surface area contributed by atoms with Crippen molar-refractivity contribution >= 4 is 35.6 Å². The van der Waals surface area contributed by atoms with Crippen molar-refractivity contribution in [1.82, 2.24) is 25.9 Å². The number of aromatic nitrogens is 2. The normalized spacial score (nSPS) is 13.8. The highest BCUT2D eigenvalue weighted by Crippen LogP contribution is 2.06. The van der Waals surface area contributed by atoms with E-state index in [4.69, 9.17) is 16.6 Å². The molecule has 2 aromatic rings. The number of carboxylic acids is 2. The van der Waals surface area contributed by atoms with Crippen molar-refractivity contribution in [2.75, 3.05) is 0 Å². The van der Waals surface area contributed by atoms with E-state index < -0.39 is 72.6 Å². The summed E-state index contributed by atoms with van der Waals surface area (Å²) in [6.45, 7) is 0. The van der Waals surface area contributed by atoms with Crippen molar-refractivity contribution < 1.29 is 39.0 Å². The smallest absolute Gasteiger partial charge is 0.326 e. The number of carboxylic acid groups (broad SMARTS) is 2. The fraction of sp³-hybridized carbons (Fsp3) is 0.348. The molecule has 2 rings (SSSR count). The lowest BCUT2D eigenvalue weighted by Gasteiger charge is -2.24. The number of rotatable bonds is 15. The maximum absolute atomic E-state index is 13.2. The largest absolute Gasteiger partial charge is 0.481 e. The minimum atomic E-state index is -1.83. The van der Waals surface area contributed by atoms with Crippen LogP contribution in [0.25, 0.3) is 0 Å². The molecule has 0 fully saturated rings. The highest BCUT2D eigenvalue weighted by molar-refractivity contribution is 5.96. The minimum Gasteiger partial charge on any atom is -0.481 e. The Morgan fingerprint density at radius 1 is 0.842 bits per heavy atom. The van der Waals surface area contributed by atoms with Crippen molar-refractivity contribution in [3.8, 4) is 0 Å². The van der Waals surface area contributed by atoms with Crippen LogP contribution >= 0.6 is 0 Å². The zero-order valence-corrected chi connectivity index (χ0v) is 20.1. The van der Waals surface area contributed by atoms with Crippen LogP contribution in [0.4, 0.5) is 0 Å². The van der Waals surface area contributed by atoms with E-state index in [0.29, 0.717) is 11.3 Å². The lowest BCUT2D eigenvalue weighted by Crippen LogP contribution is -2.58. The summed E-state index contributed by atoms with van der Waals surface area (Å²) in [4.78, 5) is 79.1. The molecule has 0 aliphatic rings. The molecule has 4 amide bonds. The number of carbonyl (C=O) groups excluding carboxylic acids is 4. The molecule has 0 aliphatic carbocycles. The van der Waals surface area contributed by atoms with E-state index in [-0.39, 0.29) is 12.8 Å². The Labute approximate surface area is 216 Å². The van der Waals surface area contributed by atoms with E-state index in [1.807, 2.05) is 5.32 Å². The van der Waals surface area contributed by atoms with Crippen LogP contribution in [-0.2, 0) is 41.6 Å². The van der Waals surface area contributed by atoms with Gasteiger partial charge in [-0.05, 0) is 5.56 Å². The van der Waals surface area contributed by atoms with Crippen molar-refractivity contribution in [2.24, 2.45) is 11.5 Å². The molecule has 0 saturated heterocycles. The quantitative estimate of drug-likeness (QED) is 0.119. The zero-order chi connectivity index (χ0) is 28.2. The van der Waals surface area contributed by atoms with Crippen molar-refractivity contribution in [3.05, 3.63) is 54.1 Å². The lowest BCUT2D eigenvalue weighted by atomic mass is 10.0. The number of hydrogen-bond acceptors (Lipinski definition) is 8. The topological polar surface area (TPSA) is 260 Å². The molecule has 0 saturated carbocycles. The standard InChI is InChI=1S/C23H29N7O8/c24-14(7-13-10-26-11-27-13)20(34)28-15(6-12-4-2-1-3-5-12)21(35)29-16(8-18(25)31)22(36)30-17(23(37)38)9-19(32)33/h1-5,10-11,14-17H,6-9,24H2,(H2,25,31)(H,26,27)(H,28,34)(H,29,35)(H,30,36)(H,32,33)(H,37,38). The Balaban J connectivity index is 2.21. The minimum absolute atomic E-state index is 0.0170. The number of carbonyl (C=O) groups is 6. The van der Waals surface area contributed by atoms with Crippen molar-refractivity contribution in [2.45, 2.75) is 49.9 Å². The zero-order valence-electron chi connectivity index (χ0n) is 20.1. The van der Waals surface area contributed by atoms with Gasteiger partial charge in [0.2, 0.25) is 23.6 Å². The Hall–Kier alpha value is -4.79. The van der Waals surface area contributed by atoms with Crippen LogP contribution in [0.1, 0.15) is 24.1 Å². The number of aliphatic carboxylic acids is 2. The van der Waals surface area contributed by atoms with Gasteiger partial charge in [-0.2, -0.15) is 0 Å². The molecule has 4 unspecified atom stereocenters. The van der Waals surface area contributed by atoms with E-state index in [2.05, 4.69) is 20.6 Å². The third-order valence-corrected chi connectivity index (χ3v) is 5.28. The molecular formula is C23H29N7O8. The van der Waals surface area contributed by atoms with Crippen molar-refractivity contribution in [3.63, 3.8) is 0 Å². The van der Waals surface area contributed by atoms with Crippen LogP contribution in [0.15, 0.2) is 42.9 Å². The Morgan fingerprint density at radius 3 is 2.00 bits per heavy atom. The number of H-pyrrole nitrogens is 1. The predicted octanol–water partition coefficient (Wildman–Crippen LogP) is -2.59. The van der Waals surface area contributed by atoms with Crippen molar-refractivity contribution in [1.29, 1.82) is 0 Å². The second kappa shape index (κ2) is 14.1. The maximum atomic E-state index is 13.2. The van der Waals surface area contributed by atoms with E-state index >= 15 is 0 Å². The van der Waals surface area contributed by atoms with Gasteiger partial charge in [-0.25, -0.2) is 9.78 Å². The summed E-state index contributed by atoms with van der Waals surface area (Å²) in [5.74, 6) is -6.84. The molecule has 1 aromatic carbocycles. The van der Waals surface area contributed by atoms with Gasteiger partial charge in [0.25, 0.3) is 0 Å². The average molecular weight is 532 g/mol. The number of benzene rings is 1. The second-order valence-corrected chi connectivity index (χ2v) is 8.37. The van der Waals surface area contributed by atoms with Crippen LogP contribution in [0.3, 0.4) is 0 Å². The highest BCUT2D eigenvalue weighted by Gasteiger charge is 2.32. The first kappa shape index (κ1) is 29.4. The van der Waals surface area contributed by atoms with E-state index in [1.165, 1.54) is 12.5 Å². The van der Waals surface area contributed by atoms with Gasteiger partial charge in [-0.1, -0.05) is 30.3 Å². The van der Waals surface area contributed by atoms with Gasteiger partial charge >= 0.3 is 11.9 Å². The third-order valence-electron chi connectivity index (χ3n) is 5.28. The molecule has 0 aliphatic heterocycles. The van der Waals surface area contributed by atoms with Gasteiger partial charge in [0.1, 0.15) is 18.1 Å². The van der Waals surface area contributed by atoms with Gasteiger partial charge in [0.05, 0.1) is 25.2 Å². The van der Waals surface area contributed by atoms with Crippen LogP contribution in [0.5, 0.6) is 0 Å². The Morgan fingerprint density at radius 2 is 1.45 bits per heavy atom. The summed E-state index contributed by atoms with van der Waals surface area (Å²) < 4.78 is 0. The van der Waals surface area contributed by atoms with Gasteiger partial charge in [-0.15, -0.1) is 0 Å². The van der Waals surface area contributed by atoms with Crippen LogP contribution < -0.4 is 27.4 Å². The van der Waals surface area contributed by atoms with E-state index in [1.54, 1.807) is 30.3 Å². The summed E-state index contributed by atoms with van der Waals surface area (Å²) in [6.07, 6.45) is 1.32. The summed E-state index contributed by atoms with van der Waals surface area (Å²) in [6, 6.07) is 2.80. The third kappa shape index (κ3) is 9.69. The number of nitrogens with one attached hydrogen (secondary N) is 4. The fourth-order valence-electron chi connectivity index (χ4n) is 3.39. The van der Waals surface area contributed by atoms with Gasteiger partial charge < -0.3 is 42.6 Å². The van der Waals surface area contributed by atoms with Gasteiger partial charge in [0.15, 0.2) is 0 Å². The maximum Gasteiger partial charge on any atom is 0.326 e. The Bertz CT molecular complexity index is 1140. The molecule has 1 heterocycles. The number of hydrogen-bond donors (Lipinski definition) is 8. The first-order valence-corrected chi connectivity index (χ1v) is 11.4. The number of primary amides is 1. The van der Waals surface area contributed by atoms with Crippen LogP contribution in [0.2, 0.25) is 0 Å². The number of aromatic amines is 1. The Kier molecular flexibility index (Phi) is 10.9. The SMILES string of the molecule is NC(=O)CC(NC(=O)C(Cc1ccccc1)NC(=O)C(N)Cc1cnc[nH]1)C(=O)NC(CC(=O)O)C(=O)O. The van der Waals surface area contributed by atoms with E-state index in [0.717, 1.165) is 0 Å². The first-order valence-electron chi connectivity index (χ1n) is 11.4. The fourth-order valence-corrected chi connectivity index (χ4v) is 3.39. The number of nitrogens with zero attached hydrogens (tertiary/aromatic N) is 1.